The van der Waals surface area contributed by atoms with Crippen molar-refractivity contribution < 1.29 is 22.3 Å². The van der Waals surface area contributed by atoms with E-state index in [1.54, 1.807) is 0 Å². The first-order chi connectivity index (χ1) is 12.8. The number of methoxy groups -OCH3 is 1. The monoisotopic (exact) mass is 407 g/mol. The fraction of sp³-hybridized carbons (Fsp3) is 0.0588. The molecule has 3 rings (SSSR count). The van der Waals surface area contributed by atoms with Gasteiger partial charge in [-0.05, 0) is 42.5 Å². The zero-order valence-electron chi connectivity index (χ0n) is 14.0. The quantitative estimate of drug-likeness (QED) is 0.653. The summed E-state index contributed by atoms with van der Waals surface area (Å²) in [6.45, 7) is 0. The zero-order valence-corrected chi connectivity index (χ0v) is 15.6. The predicted octanol–water partition coefficient (Wildman–Crippen LogP) is 2.86. The third kappa shape index (κ3) is 4.07. The Labute approximate surface area is 158 Å². The van der Waals surface area contributed by atoms with Crippen molar-refractivity contribution in [2.45, 2.75) is 5.03 Å². The Hall–Kier alpha value is -2.98. The minimum atomic E-state index is -4.00. The molecule has 1 amide bonds. The number of amides is 1. The average molecular weight is 407 g/mol. The van der Waals surface area contributed by atoms with Crippen LogP contribution in [0.5, 0.6) is 5.75 Å². The number of rotatable bonds is 6. The van der Waals surface area contributed by atoms with Crippen LogP contribution in [0.15, 0.2) is 52.9 Å². The maximum atomic E-state index is 13.0. The Bertz CT molecular complexity index is 1100. The Morgan fingerprint density at radius 2 is 1.93 bits per heavy atom. The highest BCUT2D eigenvalue weighted by Gasteiger charge is 2.21. The molecule has 0 aliphatic carbocycles. The van der Waals surface area contributed by atoms with E-state index >= 15 is 0 Å². The highest BCUT2D eigenvalue weighted by Crippen LogP contribution is 2.30. The van der Waals surface area contributed by atoms with Crippen LogP contribution in [-0.4, -0.2) is 26.4 Å². The van der Waals surface area contributed by atoms with Gasteiger partial charge in [-0.25, -0.2) is 9.37 Å². The predicted molar refractivity (Wildman–Crippen MR) is 99.8 cm³/mol. The van der Waals surface area contributed by atoms with Crippen LogP contribution >= 0.6 is 11.3 Å². The van der Waals surface area contributed by atoms with Crippen molar-refractivity contribution in [3.63, 3.8) is 0 Å². The summed E-state index contributed by atoms with van der Waals surface area (Å²) in [5, 5.41) is 1.63. The lowest BCUT2D eigenvalue weighted by Gasteiger charge is -2.11. The molecule has 0 radical (unpaired) electrons. The van der Waals surface area contributed by atoms with Gasteiger partial charge in [0.1, 0.15) is 16.6 Å². The van der Waals surface area contributed by atoms with E-state index in [1.807, 2.05) is 0 Å². The molecule has 0 atom stereocenters. The Morgan fingerprint density at radius 1 is 1.22 bits per heavy atom. The van der Waals surface area contributed by atoms with Crippen molar-refractivity contribution >= 4 is 33.0 Å². The fourth-order valence-corrected chi connectivity index (χ4v) is 4.40. The molecule has 0 saturated carbocycles. The number of sulfonamides is 1. The topological polar surface area (TPSA) is 111 Å². The zero-order chi connectivity index (χ0) is 19.6. The standard InChI is InChI=1S/C17H14FN3O4S2/c1-25-14-8-11(16(19)22)4-7-13(14)21-27(23,24)15-9-26-17(20-15)10-2-5-12(18)6-3-10/h2-9,21H,1H3,(H2,19,22). The first-order valence-electron chi connectivity index (χ1n) is 7.52. The van der Waals surface area contributed by atoms with Crippen molar-refractivity contribution in [1.29, 1.82) is 0 Å². The van der Waals surface area contributed by atoms with E-state index in [0.29, 0.717) is 10.6 Å². The molecule has 0 unspecified atom stereocenters. The van der Waals surface area contributed by atoms with Crippen molar-refractivity contribution in [2.24, 2.45) is 5.73 Å². The molecular formula is C17H14FN3O4S2. The first kappa shape index (κ1) is 18.8. The van der Waals surface area contributed by atoms with E-state index in [4.69, 9.17) is 10.5 Å². The van der Waals surface area contributed by atoms with Gasteiger partial charge in [-0.2, -0.15) is 8.42 Å². The highest BCUT2D eigenvalue weighted by molar-refractivity contribution is 7.92. The van der Waals surface area contributed by atoms with Gasteiger partial charge < -0.3 is 10.5 Å². The summed E-state index contributed by atoms with van der Waals surface area (Å²) in [5.41, 5.74) is 6.13. The summed E-state index contributed by atoms with van der Waals surface area (Å²) >= 11 is 1.12. The number of nitrogens with one attached hydrogen (secondary N) is 1. The number of nitrogens with two attached hydrogens (primary N) is 1. The first-order valence-corrected chi connectivity index (χ1v) is 9.88. The summed E-state index contributed by atoms with van der Waals surface area (Å²) < 4.78 is 45.7. The summed E-state index contributed by atoms with van der Waals surface area (Å²) in [6.07, 6.45) is 0. The number of aromatic nitrogens is 1. The maximum absolute atomic E-state index is 13.0. The molecule has 140 valence electrons. The largest absolute Gasteiger partial charge is 0.495 e. The average Bonchev–Trinajstić information content (AvgIpc) is 3.13. The third-order valence-electron chi connectivity index (χ3n) is 3.58. The summed E-state index contributed by atoms with van der Waals surface area (Å²) in [6, 6.07) is 9.68. The second-order valence-electron chi connectivity index (χ2n) is 5.38. The lowest BCUT2D eigenvalue weighted by Crippen LogP contribution is -2.15. The van der Waals surface area contributed by atoms with Crippen molar-refractivity contribution in [1.82, 2.24) is 4.98 Å². The van der Waals surface area contributed by atoms with Crippen molar-refractivity contribution in [3.05, 3.63) is 59.2 Å². The van der Waals surface area contributed by atoms with Crippen LogP contribution in [0.2, 0.25) is 0 Å². The van der Waals surface area contributed by atoms with Crippen LogP contribution in [0.4, 0.5) is 10.1 Å². The van der Waals surface area contributed by atoms with Crippen molar-refractivity contribution in [2.75, 3.05) is 11.8 Å². The van der Waals surface area contributed by atoms with E-state index in [0.717, 1.165) is 11.3 Å². The molecule has 0 aliphatic rings. The summed E-state index contributed by atoms with van der Waals surface area (Å²) in [4.78, 5) is 15.4. The molecule has 0 spiro atoms. The van der Waals surface area contributed by atoms with E-state index in [1.165, 1.54) is 55.0 Å². The number of hydrogen-bond acceptors (Lipinski definition) is 6. The molecular weight excluding hydrogens is 393 g/mol. The van der Waals surface area contributed by atoms with Gasteiger partial charge in [0, 0.05) is 16.5 Å². The number of halogens is 1. The molecule has 7 nitrogen and oxygen atoms in total. The normalized spacial score (nSPS) is 11.2. The van der Waals surface area contributed by atoms with Gasteiger partial charge in [0.15, 0.2) is 5.03 Å². The molecule has 1 heterocycles. The van der Waals surface area contributed by atoms with Crippen LogP contribution in [0.1, 0.15) is 10.4 Å². The van der Waals surface area contributed by atoms with Gasteiger partial charge in [0.25, 0.3) is 10.0 Å². The lowest BCUT2D eigenvalue weighted by atomic mass is 10.2. The molecule has 0 aliphatic heterocycles. The SMILES string of the molecule is COc1cc(C(N)=O)ccc1NS(=O)(=O)c1csc(-c2ccc(F)cc2)n1. The molecule has 27 heavy (non-hydrogen) atoms. The van der Waals surface area contributed by atoms with Gasteiger partial charge in [0.05, 0.1) is 12.8 Å². The fourth-order valence-electron chi connectivity index (χ4n) is 2.23. The van der Waals surface area contributed by atoms with Gasteiger partial charge in [-0.1, -0.05) is 0 Å². The summed E-state index contributed by atoms with van der Waals surface area (Å²) in [7, 11) is -2.65. The molecule has 0 bridgehead atoms. The van der Waals surface area contributed by atoms with Crippen LogP contribution in [0.25, 0.3) is 10.6 Å². The maximum Gasteiger partial charge on any atom is 0.280 e. The van der Waals surface area contributed by atoms with Crippen LogP contribution < -0.4 is 15.2 Å². The number of carbonyl (C=O) groups is 1. The number of ether oxygens (including phenoxy) is 1. The Kier molecular flexibility index (Phi) is 5.10. The molecule has 0 saturated heterocycles. The number of thiazole rings is 1. The molecule has 0 fully saturated rings. The second kappa shape index (κ2) is 7.33. The van der Waals surface area contributed by atoms with Crippen LogP contribution in [-0.2, 0) is 10.0 Å². The van der Waals surface area contributed by atoms with E-state index in [9.17, 15) is 17.6 Å². The van der Waals surface area contributed by atoms with Gasteiger partial charge >= 0.3 is 0 Å². The Balaban J connectivity index is 1.89. The number of hydrogen-bond donors (Lipinski definition) is 2. The number of primary amides is 1. The summed E-state index contributed by atoms with van der Waals surface area (Å²) in [5.74, 6) is -0.911. The highest BCUT2D eigenvalue weighted by atomic mass is 32.2. The molecule has 1 aromatic heterocycles. The Morgan fingerprint density at radius 3 is 2.56 bits per heavy atom. The number of carbonyl (C=O) groups excluding carboxylic acids is 1. The number of benzene rings is 2. The molecule has 10 heteroatoms. The third-order valence-corrected chi connectivity index (χ3v) is 5.87. The van der Waals surface area contributed by atoms with Crippen LogP contribution in [0, 0.1) is 5.82 Å². The van der Waals surface area contributed by atoms with E-state index in [-0.39, 0.29) is 22.0 Å². The molecule has 3 N–H and O–H groups in total. The van der Waals surface area contributed by atoms with Gasteiger partial charge in [-0.15, -0.1) is 11.3 Å². The smallest absolute Gasteiger partial charge is 0.280 e. The minimum Gasteiger partial charge on any atom is -0.495 e. The second-order valence-corrected chi connectivity index (χ2v) is 7.87. The molecule has 2 aromatic carbocycles. The van der Waals surface area contributed by atoms with Crippen molar-refractivity contribution in [3.8, 4) is 16.3 Å². The van der Waals surface area contributed by atoms with E-state index in [2.05, 4.69) is 9.71 Å². The van der Waals surface area contributed by atoms with Crippen LogP contribution in [0.3, 0.4) is 0 Å². The van der Waals surface area contributed by atoms with Gasteiger partial charge in [0.2, 0.25) is 5.91 Å². The van der Waals surface area contributed by atoms with Gasteiger partial charge in [-0.3, -0.25) is 9.52 Å². The van der Waals surface area contributed by atoms with E-state index < -0.39 is 21.7 Å². The number of nitrogens with zero attached hydrogens (tertiary/aromatic N) is 1. The molecule has 3 aromatic rings. The number of anilines is 1. The minimum absolute atomic E-state index is 0.138. The lowest BCUT2D eigenvalue weighted by molar-refractivity contribution is 0.1000.